The van der Waals surface area contributed by atoms with Crippen molar-refractivity contribution in [2.45, 2.75) is 40.0 Å². The van der Waals surface area contributed by atoms with E-state index in [1.165, 1.54) is 30.4 Å². The van der Waals surface area contributed by atoms with Gasteiger partial charge in [-0.25, -0.2) is 0 Å². The van der Waals surface area contributed by atoms with Crippen LogP contribution >= 0.6 is 0 Å². The highest BCUT2D eigenvalue weighted by Crippen LogP contribution is 2.12. The van der Waals surface area contributed by atoms with Crippen LogP contribution in [0, 0.1) is 0 Å². The molecule has 0 bridgehead atoms. The molecular weight excluding hydrogens is 206 g/mol. The minimum Gasteiger partial charge on any atom is -0.317 e. The van der Waals surface area contributed by atoms with Crippen molar-refractivity contribution in [3.63, 3.8) is 0 Å². The van der Waals surface area contributed by atoms with Gasteiger partial charge in [0.2, 0.25) is 0 Å². The zero-order valence-corrected chi connectivity index (χ0v) is 11.6. The molecule has 1 nitrogen and oxygen atoms in total. The Morgan fingerprint density at radius 2 is 1.76 bits per heavy atom. The molecule has 0 unspecified atom stereocenters. The summed E-state index contributed by atoms with van der Waals surface area (Å²) in [7, 11) is 0. The first kappa shape index (κ1) is 15.9. The van der Waals surface area contributed by atoms with Gasteiger partial charge >= 0.3 is 0 Å². The van der Waals surface area contributed by atoms with Crippen LogP contribution in [0.1, 0.15) is 44.7 Å². The Labute approximate surface area is 107 Å². The highest BCUT2D eigenvalue weighted by atomic mass is 14.8. The Morgan fingerprint density at radius 3 is 2.24 bits per heavy atom. The van der Waals surface area contributed by atoms with Crippen molar-refractivity contribution in [3.8, 4) is 0 Å². The Morgan fingerprint density at radius 1 is 1.12 bits per heavy atom. The fourth-order valence-electron chi connectivity index (χ4n) is 1.58. The third-order valence-corrected chi connectivity index (χ3v) is 2.57. The molecule has 96 valence electrons. The van der Waals surface area contributed by atoms with Gasteiger partial charge in [-0.1, -0.05) is 64.1 Å². The van der Waals surface area contributed by atoms with Gasteiger partial charge in [-0.3, -0.25) is 0 Å². The van der Waals surface area contributed by atoms with Crippen molar-refractivity contribution in [3.05, 3.63) is 42.0 Å². The number of hydrogen-bond acceptors (Lipinski definition) is 1. The molecule has 0 saturated heterocycles. The Hall–Kier alpha value is -1.08. The van der Waals surface area contributed by atoms with Crippen LogP contribution in [0.25, 0.3) is 6.08 Å². The van der Waals surface area contributed by atoms with E-state index in [0.29, 0.717) is 0 Å². The topological polar surface area (TPSA) is 12.0 Å². The monoisotopic (exact) mass is 233 g/mol. The lowest BCUT2D eigenvalue weighted by molar-refractivity contribution is 0.762. The van der Waals surface area contributed by atoms with Gasteiger partial charge in [0.15, 0.2) is 0 Å². The van der Waals surface area contributed by atoms with E-state index in [1.54, 1.807) is 0 Å². The van der Waals surface area contributed by atoms with E-state index in [-0.39, 0.29) is 0 Å². The number of nitrogens with one attached hydrogen (secondary N) is 1. The summed E-state index contributed by atoms with van der Waals surface area (Å²) >= 11 is 0. The van der Waals surface area contributed by atoms with Crippen LogP contribution in [-0.4, -0.2) is 13.1 Å². The van der Waals surface area contributed by atoms with Gasteiger partial charge < -0.3 is 5.32 Å². The summed E-state index contributed by atoms with van der Waals surface area (Å²) in [4.78, 5) is 0. The van der Waals surface area contributed by atoms with Gasteiger partial charge in [-0.15, -0.1) is 0 Å². The summed E-state index contributed by atoms with van der Waals surface area (Å²) in [5.41, 5.74) is 2.71. The molecule has 0 aliphatic rings. The fraction of sp³-hybridized carbons (Fsp3) is 0.500. The third kappa shape index (κ3) is 7.76. The van der Waals surface area contributed by atoms with Gasteiger partial charge in [-0.2, -0.15) is 0 Å². The average molecular weight is 233 g/mol. The Kier molecular flexibility index (Phi) is 10.7. The molecule has 0 fully saturated rings. The standard InChI is InChI=1S/C12H16.C4H11N/c1-3-5-8-12-10-7-6-9-11(12)4-2;1-3-5-4-2/h4,6-7,9-10H,2-3,5,8H2,1H3;5H,3-4H2,1-2H3. The van der Waals surface area contributed by atoms with Crippen molar-refractivity contribution in [2.24, 2.45) is 0 Å². The molecular formula is C16H27N. The molecule has 0 aliphatic heterocycles. The smallest absolute Gasteiger partial charge is 0.00775 e. The summed E-state index contributed by atoms with van der Waals surface area (Å²) < 4.78 is 0. The maximum atomic E-state index is 3.80. The van der Waals surface area contributed by atoms with Crippen LogP contribution < -0.4 is 5.32 Å². The number of rotatable bonds is 6. The van der Waals surface area contributed by atoms with E-state index in [1.807, 2.05) is 6.08 Å². The van der Waals surface area contributed by atoms with Crippen molar-refractivity contribution >= 4 is 6.08 Å². The molecule has 1 heteroatoms. The first-order valence-corrected chi connectivity index (χ1v) is 6.71. The molecule has 0 radical (unpaired) electrons. The van der Waals surface area contributed by atoms with Crippen molar-refractivity contribution < 1.29 is 0 Å². The highest BCUT2D eigenvalue weighted by Gasteiger charge is 1.95. The van der Waals surface area contributed by atoms with E-state index < -0.39 is 0 Å². The molecule has 0 aromatic heterocycles. The first-order valence-electron chi connectivity index (χ1n) is 6.71. The predicted molar refractivity (Wildman–Crippen MR) is 79.4 cm³/mol. The van der Waals surface area contributed by atoms with Crippen molar-refractivity contribution in [2.75, 3.05) is 13.1 Å². The van der Waals surface area contributed by atoms with Crippen molar-refractivity contribution in [1.82, 2.24) is 5.32 Å². The van der Waals surface area contributed by atoms with Gasteiger partial charge in [-0.05, 0) is 37.1 Å². The van der Waals surface area contributed by atoms with Crippen LogP contribution in [0.3, 0.4) is 0 Å². The molecule has 1 N–H and O–H groups in total. The molecule has 0 amide bonds. The molecule has 0 saturated carbocycles. The number of aryl methyl sites for hydroxylation is 1. The zero-order chi connectivity index (χ0) is 12.9. The second kappa shape index (κ2) is 11.4. The second-order valence-electron chi connectivity index (χ2n) is 3.96. The minimum atomic E-state index is 1.09. The third-order valence-electron chi connectivity index (χ3n) is 2.57. The van der Waals surface area contributed by atoms with E-state index in [9.17, 15) is 0 Å². The molecule has 0 spiro atoms. The fourth-order valence-corrected chi connectivity index (χ4v) is 1.58. The summed E-state index contributed by atoms with van der Waals surface area (Å²) in [6.45, 7) is 12.4. The lowest BCUT2D eigenvalue weighted by Crippen LogP contribution is -2.09. The van der Waals surface area contributed by atoms with Gasteiger partial charge in [0.25, 0.3) is 0 Å². The number of unbranched alkanes of at least 4 members (excludes halogenated alkanes) is 1. The van der Waals surface area contributed by atoms with E-state index in [0.717, 1.165) is 13.1 Å². The molecule has 1 aromatic carbocycles. The predicted octanol–water partition coefficient (Wildman–Crippen LogP) is 4.29. The Balaban J connectivity index is 0.000000437. The van der Waals surface area contributed by atoms with E-state index in [2.05, 4.69) is 56.9 Å². The van der Waals surface area contributed by atoms with Crippen LogP contribution in [0.15, 0.2) is 30.8 Å². The molecule has 0 heterocycles. The molecule has 1 aromatic rings. The minimum absolute atomic E-state index is 1.09. The normalized spacial score (nSPS) is 9.35. The van der Waals surface area contributed by atoms with Gasteiger partial charge in [0.05, 0.1) is 0 Å². The maximum Gasteiger partial charge on any atom is -0.00775 e. The molecule has 0 atom stereocenters. The van der Waals surface area contributed by atoms with Crippen LogP contribution in [-0.2, 0) is 6.42 Å². The average Bonchev–Trinajstić information content (AvgIpc) is 2.38. The number of benzene rings is 1. The molecule has 0 aliphatic carbocycles. The lowest BCUT2D eigenvalue weighted by atomic mass is 10.0. The number of hydrogen-bond donors (Lipinski definition) is 1. The summed E-state index contributed by atoms with van der Waals surface area (Å²) in [6.07, 6.45) is 5.64. The lowest BCUT2D eigenvalue weighted by Gasteiger charge is -2.03. The zero-order valence-electron chi connectivity index (χ0n) is 11.6. The van der Waals surface area contributed by atoms with E-state index in [4.69, 9.17) is 0 Å². The first-order chi connectivity index (χ1) is 8.29. The largest absolute Gasteiger partial charge is 0.317 e. The van der Waals surface area contributed by atoms with Crippen LogP contribution in [0.4, 0.5) is 0 Å². The quantitative estimate of drug-likeness (QED) is 0.773. The van der Waals surface area contributed by atoms with Crippen LogP contribution in [0.2, 0.25) is 0 Å². The summed E-state index contributed by atoms with van der Waals surface area (Å²) in [6, 6.07) is 8.47. The maximum absolute atomic E-state index is 3.80. The summed E-state index contributed by atoms with van der Waals surface area (Å²) in [5, 5.41) is 3.11. The molecule has 1 rings (SSSR count). The SMILES string of the molecule is C=Cc1ccccc1CCCC.CCNCC. The molecule has 17 heavy (non-hydrogen) atoms. The highest BCUT2D eigenvalue weighted by molar-refractivity contribution is 5.51. The summed E-state index contributed by atoms with van der Waals surface area (Å²) in [5.74, 6) is 0. The van der Waals surface area contributed by atoms with Gasteiger partial charge in [0.1, 0.15) is 0 Å². The van der Waals surface area contributed by atoms with E-state index >= 15 is 0 Å². The second-order valence-corrected chi connectivity index (χ2v) is 3.96. The van der Waals surface area contributed by atoms with Gasteiger partial charge in [0, 0.05) is 0 Å². The van der Waals surface area contributed by atoms with Crippen LogP contribution in [0.5, 0.6) is 0 Å². The van der Waals surface area contributed by atoms with Crippen molar-refractivity contribution in [1.29, 1.82) is 0 Å². The Bertz CT molecular complexity index is 289.